The quantitative estimate of drug-likeness (QED) is 0.547. The van der Waals surface area contributed by atoms with Gasteiger partial charge >= 0.3 is 0 Å². The lowest BCUT2D eigenvalue weighted by Crippen LogP contribution is -2.03. The Labute approximate surface area is 151 Å². The van der Waals surface area contributed by atoms with E-state index in [2.05, 4.69) is 19.9 Å². The van der Waals surface area contributed by atoms with Crippen molar-refractivity contribution < 1.29 is 13.9 Å². The van der Waals surface area contributed by atoms with Gasteiger partial charge in [0.1, 0.15) is 11.6 Å². The number of hydrogen-bond acceptors (Lipinski definition) is 5. The van der Waals surface area contributed by atoms with Crippen LogP contribution in [-0.4, -0.2) is 25.7 Å². The number of nitrogens with zero attached hydrogens (tertiary/aromatic N) is 3. The number of rotatable bonds is 4. The van der Waals surface area contributed by atoms with Crippen molar-refractivity contribution >= 4 is 28.4 Å². The van der Waals surface area contributed by atoms with Gasteiger partial charge in [0.15, 0.2) is 11.0 Å². The van der Waals surface area contributed by atoms with Gasteiger partial charge in [-0.15, -0.1) is 0 Å². The van der Waals surface area contributed by atoms with Crippen molar-refractivity contribution in [2.75, 3.05) is 0 Å². The highest BCUT2D eigenvalue weighted by Gasteiger charge is 2.15. The maximum Gasteiger partial charge on any atom is 0.257 e. The minimum absolute atomic E-state index is 0.135. The molecule has 0 spiro atoms. The van der Waals surface area contributed by atoms with Crippen molar-refractivity contribution in [1.82, 2.24) is 19.9 Å². The van der Waals surface area contributed by atoms with Gasteiger partial charge < -0.3 is 9.72 Å². The van der Waals surface area contributed by atoms with Gasteiger partial charge in [-0.3, -0.25) is 4.79 Å². The number of fused-ring (bicyclic) bond motifs is 1. The molecule has 0 aliphatic carbocycles. The van der Waals surface area contributed by atoms with Gasteiger partial charge in [-0.05, 0) is 42.5 Å². The number of aromatic nitrogens is 4. The van der Waals surface area contributed by atoms with Gasteiger partial charge in [-0.2, -0.15) is 0 Å². The van der Waals surface area contributed by atoms with Gasteiger partial charge in [0.25, 0.3) is 5.88 Å². The summed E-state index contributed by atoms with van der Waals surface area (Å²) >= 11 is 5.89. The minimum Gasteiger partial charge on any atom is -0.436 e. The van der Waals surface area contributed by atoms with Crippen LogP contribution in [0.15, 0.2) is 54.9 Å². The molecule has 128 valence electrons. The molecule has 0 fully saturated rings. The lowest BCUT2D eigenvalue weighted by molar-refractivity contribution is 0.103. The van der Waals surface area contributed by atoms with E-state index in [1.165, 1.54) is 30.6 Å². The average Bonchev–Trinajstić information content (AvgIpc) is 3.07. The molecule has 2 aromatic carbocycles. The van der Waals surface area contributed by atoms with Gasteiger partial charge in [-0.1, -0.05) is 11.6 Å². The third-order valence-corrected chi connectivity index (χ3v) is 3.87. The van der Waals surface area contributed by atoms with Crippen molar-refractivity contribution in [2.24, 2.45) is 0 Å². The number of ketones is 1. The summed E-state index contributed by atoms with van der Waals surface area (Å²) in [6, 6.07) is 10.5. The van der Waals surface area contributed by atoms with E-state index < -0.39 is 5.82 Å². The molecule has 0 radical (unpaired) electrons. The van der Waals surface area contributed by atoms with Crippen LogP contribution in [0.2, 0.25) is 5.15 Å². The number of aromatic amines is 1. The Bertz CT molecular complexity index is 1110. The lowest BCUT2D eigenvalue weighted by atomic mass is 10.1. The summed E-state index contributed by atoms with van der Waals surface area (Å²) in [6.45, 7) is 0. The monoisotopic (exact) mass is 368 g/mol. The SMILES string of the molecule is O=C(c1ccc(Oc2nccnc2Cl)cc1)c1nc2ccc(F)cc2[nH]1. The molecule has 0 aliphatic heterocycles. The van der Waals surface area contributed by atoms with E-state index in [9.17, 15) is 9.18 Å². The van der Waals surface area contributed by atoms with Crippen LogP contribution in [0.5, 0.6) is 11.6 Å². The van der Waals surface area contributed by atoms with Crippen molar-refractivity contribution in [2.45, 2.75) is 0 Å². The van der Waals surface area contributed by atoms with Gasteiger partial charge in [0, 0.05) is 18.0 Å². The van der Waals surface area contributed by atoms with Crippen molar-refractivity contribution in [3.8, 4) is 11.6 Å². The Kier molecular flexibility index (Phi) is 4.06. The molecule has 2 aromatic heterocycles. The van der Waals surface area contributed by atoms with Gasteiger partial charge in [0.05, 0.1) is 11.0 Å². The molecule has 0 amide bonds. The molecule has 0 atom stereocenters. The molecule has 4 aromatic rings. The van der Waals surface area contributed by atoms with Crippen LogP contribution >= 0.6 is 11.6 Å². The number of ether oxygens (including phenoxy) is 1. The zero-order valence-electron chi connectivity index (χ0n) is 13.1. The van der Waals surface area contributed by atoms with Crippen LogP contribution < -0.4 is 4.74 Å². The zero-order valence-corrected chi connectivity index (χ0v) is 13.9. The predicted octanol–water partition coefficient (Wildman–Crippen LogP) is 4.17. The third kappa shape index (κ3) is 3.12. The van der Waals surface area contributed by atoms with E-state index in [1.54, 1.807) is 24.3 Å². The Morgan fingerprint density at radius 2 is 1.85 bits per heavy atom. The standard InChI is InChI=1S/C18H10ClFN4O2/c19-16-18(22-8-7-21-16)26-12-4-1-10(2-5-12)15(25)17-23-13-6-3-11(20)9-14(13)24-17/h1-9H,(H,23,24). The predicted molar refractivity (Wildman–Crippen MR) is 93.0 cm³/mol. The summed E-state index contributed by atoms with van der Waals surface area (Å²) in [4.78, 5) is 27.4. The molecule has 26 heavy (non-hydrogen) atoms. The first-order valence-corrected chi connectivity index (χ1v) is 7.92. The van der Waals surface area contributed by atoms with Crippen LogP contribution in [0.1, 0.15) is 16.2 Å². The first-order chi connectivity index (χ1) is 12.6. The first-order valence-electron chi connectivity index (χ1n) is 7.54. The number of halogens is 2. The minimum atomic E-state index is -0.399. The molecular weight excluding hydrogens is 359 g/mol. The summed E-state index contributed by atoms with van der Waals surface area (Å²) in [5, 5.41) is 0.141. The maximum atomic E-state index is 13.3. The summed E-state index contributed by atoms with van der Waals surface area (Å²) in [6.07, 6.45) is 2.92. The van der Waals surface area contributed by atoms with Crippen molar-refractivity contribution in [1.29, 1.82) is 0 Å². The smallest absolute Gasteiger partial charge is 0.257 e. The highest BCUT2D eigenvalue weighted by molar-refractivity contribution is 6.30. The number of nitrogens with one attached hydrogen (secondary N) is 1. The Balaban J connectivity index is 1.57. The largest absolute Gasteiger partial charge is 0.436 e. The normalized spacial score (nSPS) is 10.8. The number of hydrogen-bond donors (Lipinski definition) is 1. The lowest BCUT2D eigenvalue weighted by Gasteiger charge is -2.05. The molecule has 0 saturated carbocycles. The fourth-order valence-electron chi connectivity index (χ4n) is 2.39. The van der Waals surface area contributed by atoms with E-state index in [1.807, 2.05) is 0 Å². The summed E-state index contributed by atoms with van der Waals surface area (Å²) in [5.74, 6) is 0.0504. The number of benzene rings is 2. The Morgan fingerprint density at radius 3 is 2.62 bits per heavy atom. The number of H-pyrrole nitrogens is 1. The second-order valence-electron chi connectivity index (χ2n) is 5.35. The van der Waals surface area contributed by atoms with E-state index >= 15 is 0 Å². The summed E-state index contributed by atoms with van der Waals surface area (Å²) in [5.41, 5.74) is 1.39. The van der Waals surface area contributed by atoms with Crippen LogP contribution in [-0.2, 0) is 0 Å². The highest BCUT2D eigenvalue weighted by atomic mass is 35.5. The van der Waals surface area contributed by atoms with E-state index in [0.29, 0.717) is 22.3 Å². The number of carbonyl (C=O) groups excluding carboxylic acids is 1. The van der Waals surface area contributed by atoms with Crippen LogP contribution in [0.4, 0.5) is 4.39 Å². The van der Waals surface area contributed by atoms with Gasteiger partial charge in [0.2, 0.25) is 5.78 Å². The molecule has 2 heterocycles. The Hall–Kier alpha value is -3.32. The zero-order chi connectivity index (χ0) is 18.1. The van der Waals surface area contributed by atoms with Crippen LogP contribution in [0, 0.1) is 5.82 Å². The third-order valence-electron chi connectivity index (χ3n) is 3.61. The molecule has 4 rings (SSSR count). The second kappa shape index (κ2) is 6.53. The molecule has 6 nitrogen and oxygen atoms in total. The van der Waals surface area contributed by atoms with E-state index in [-0.39, 0.29) is 22.6 Å². The Morgan fingerprint density at radius 1 is 1.08 bits per heavy atom. The van der Waals surface area contributed by atoms with E-state index in [4.69, 9.17) is 16.3 Å². The summed E-state index contributed by atoms with van der Waals surface area (Å²) < 4.78 is 18.8. The molecule has 0 unspecified atom stereocenters. The molecule has 8 heteroatoms. The fourth-order valence-corrected chi connectivity index (χ4v) is 2.53. The topological polar surface area (TPSA) is 80.8 Å². The van der Waals surface area contributed by atoms with E-state index in [0.717, 1.165) is 0 Å². The maximum absolute atomic E-state index is 13.3. The molecule has 0 aliphatic rings. The van der Waals surface area contributed by atoms with Crippen LogP contribution in [0.3, 0.4) is 0 Å². The second-order valence-corrected chi connectivity index (χ2v) is 5.71. The average molecular weight is 369 g/mol. The first kappa shape index (κ1) is 16.2. The van der Waals surface area contributed by atoms with Crippen LogP contribution in [0.25, 0.3) is 11.0 Å². The number of carbonyl (C=O) groups is 1. The highest BCUT2D eigenvalue weighted by Crippen LogP contribution is 2.25. The molecule has 0 saturated heterocycles. The van der Waals surface area contributed by atoms with Crippen molar-refractivity contribution in [3.05, 3.63) is 77.2 Å². The molecular formula is C18H10ClFN4O2. The molecule has 0 bridgehead atoms. The molecule has 1 N–H and O–H groups in total. The van der Waals surface area contributed by atoms with Gasteiger partial charge in [-0.25, -0.2) is 19.3 Å². The fraction of sp³-hybridized carbons (Fsp3) is 0. The summed E-state index contributed by atoms with van der Waals surface area (Å²) in [7, 11) is 0. The number of imidazole rings is 1. The van der Waals surface area contributed by atoms with Crippen molar-refractivity contribution in [3.63, 3.8) is 0 Å².